The Morgan fingerprint density at radius 2 is 2.25 bits per heavy atom. The first-order valence-electron chi connectivity index (χ1n) is 5.21. The summed E-state index contributed by atoms with van der Waals surface area (Å²) in [6.45, 7) is 5.87. The van der Waals surface area contributed by atoms with Gasteiger partial charge in [0.1, 0.15) is 5.84 Å². The first-order valence-corrected chi connectivity index (χ1v) is 5.21. The molecule has 0 N–H and O–H groups in total. The molecule has 2 heteroatoms. The van der Waals surface area contributed by atoms with Gasteiger partial charge in [0.15, 0.2) is 0 Å². The zero-order valence-corrected chi connectivity index (χ0v) is 7.92. The fourth-order valence-electron chi connectivity index (χ4n) is 2.33. The number of piperidine rings is 1. The SMILES string of the molecule is CCC1CCCN2CCCN=C12. The summed E-state index contributed by atoms with van der Waals surface area (Å²) in [5.74, 6) is 2.20. The van der Waals surface area contributed by atoms with Crippen LogP contribution in [0.1, 0.15) is 32.6 Å². The molecule has 0 bridgehead atoms. The standard InChI is InChI=1S/C10H18N2/c1-2-9-5-3-7-12-8-4-6-11-10(9)12/h9H,2-8H2,1H3. The van der Waals surface area contributed by atoms with Crippen LogP contribution in [0.15, 0.2) is 4.99 Å². The van der Waals surface area contributed by atoms with Gasteiger partial charge >= 0.3 is 0 Å². The number of fused-ring (bicyclic) bond motifs is 1. The third-order valence-corrected chi connectivity index (χ3v) is 3.02. The van der Waals surface area contributed by atoms with Crippen LogP contribution in [-0.2, 0) is 0 Å². The number of hydrogen-bond acceptors (Lipinski definition) is 2. The Hall–Kier alpha value is -0.530. The van der Waals surface area contributed by atoms with Gasteiger partial charge < -0.3 is 4.90 Å². The Morgan fingerprint density at radius 1 is 1.42 bits per heavy atom. The van der Waals surface area contributed by atoms with Crippen molar-refractivity contribution < 1.29 is 0 Å². The molecular formula is C10H18N2. The molecule has 68 valence electrons. The molecule has 2 aliphatic rings. The minimum atomic E-state index is 0.777. The maximum absolute atomic E-state index is 4.65. The van der Waals surface area contributed by atoms with E-state index in [2.05, 4.69) is 16.8 Å². The second kappa shape index (κ2) is 3.46. The first-order chi connectivity index (χ1) is 5.92. The van der Waals surface area contributed by atoms with Crippen molar-refractivity contribution in [3.05, 3.63) is 0 Å². The predicted molar refractivity (Wildman–Crippen MR) is 51.5 cm³/mol. The quantitative estimate of drug-likeness (QED) is 0.581. The normalized spacial score (nSPS) is 29.6. The van der Waals surface area contributed by atoms with Gasteiger partial charge in [-0.2, -0.15) is 0 Å². The monoisotopic (exact) mass is 166 g/mol. The lowest BCUT2D eigenvalue weighted by atomic mass is 9.93. The van der Waals surface area contributed by atoms with Crippen LogP contribution >= 0.6 is 0 Å². The number of hydrogen-bond donors (Lipinski definition) is 0. The van der Waals surface area contributed by atoms with Crippen molar-refractivity contribution in [2.45, 2.75) is 32.6 Å². The summed E-state index contributed by atoms with van der Waals surface area (Å²) in [5, 5.41) is 0. The molecule has 0 aromatic rings. The maximum atomic E-state index is 4.65. The molecule has 2 nitrogen and oxygen atoms in total. The van der Waals surface area contributed by atoms with E-state index in [0.29, 0.717) is 0 Å². The highest BCUT2D eigenvalue weighted by Crippen LogP contribution is 2.23. The van der Waals surface area contributed by atoms with Crippen LogP contribution in [0.25, 0.3) is 0 Å². The molecule has 0 amide bonds. The van der Waals surface area contributed by atoms with Crippen molar-refractivity contribution in [2.75, 3.05) is 19.6 Å². The lowest BCUT2D eigenvalue weighted by molar-refractivity contribution is 0.309. The Bertz CT molecular complexity index is 186. The lowest BCUT2D eigenvalue weighted by Gasteiger charge is -2.37. The van der Waals surface area contributed by atoms with E-state index in [1.807, 2.05) is 0 Å². The number of rotatable bonds is 1. The molecular weight excluding hydrogens is 148 g/mol. The maximum Gasteiger partial charge on any atom is 0.102 e. The summed E-state index contributed by atoms with van der Waals surface area (Å²) in [6.07, 6.45) is 5.28. The summed E-state index contributed by atoms with van der Waals surface area (Å²) in [6, 6.07) is 0. The molecule has 0 radical (unpaired) electrons. The van der Waals surface area contributed by atoms with Gasteiger partial charge in [-0.3, -0.25) is 4.99 Å². The minimum Gasteiger partial charge on any atom is -0.360 e. The zero-order valence-electron chi connectivity index (χ0n) is 7.92. The van der Waals surface area contributed by atoms with Crippen molar-refractivity contribution >= 4 is 5.84 Å². The van der Waals surface area contributed by atoms with E-state index in [9.17, 15) is 0 Å². The van der Waals surface area contributed by atoms with Crippen LogP contribution in [-0.4, -0.2) is 30.4 Å². The average Bonchev–Trinajstić information content (AvgIpc) is 2.17. The smallest absolute Gasteiger partial charge is 0.102 e. The molecule has 0 saturated carbocycles. The fourth-order valence-corrected chi connectivity index (χ4v) is 2.33. The zero-order chi connectivity index (χ0) is 8.39. The summed E-state index contributed by atoms with van der Waals surface area (Å²) >= 11 is 0. The average molecular weight is 166 g/mol. The molecule has 0 spiro atoms. The van der Waals surface area contributed by atoms with Crippen molar-refractivity contribution in [3.63, 3.8) is 0 Å². The largest absolute Gasteiger partial charge is 0.360 e. The highest BCUT2D eigenvalue weighted by molar-refractivity contribution is 5.85. The first kappa shape index (κ1) is 8.09. The predicted octanol–water partition coefficient (Wildman–Crippen LogP) is 1.91. The number of aliphatic imine (C=N–C) groups is 1. The second-order valence-corrected chi connectivity index (χ2v) is 3.83. The summed E-state index contributed by atoms with van der Waals surface area (Å²) in [4.78, 5) is 7.15. The van der Waals surface area contributed by atoms with E-state index in [1.54, 1.807) is 0 Å². The molecule has 12 heavy (non-hydrogen) atoms. The van der Waals surface area contributed by atoms with E-state index in [-0.39, 0.29) is 0 Å². The summed E-state index contributed by atoms with van der Waals surface area (Å²) < 4.78 is 0. The lowest BCUT2D eigenvalue weighted by Crippen LogP contribution is -2.44. The van der Waals surface area contributed by atoms with E-state index in [0.717, 1.165) is 12.5 Å². The van der Waals surface area contributed by atoms with Gasteiger partial charge in [-0.05, 0) is 25.7 Å². The fraction of sp³-hybridized carbons (Fsp3) is 0.900. The number of nitrogens with zero attached hydrogens (tertiary/aromatic N) is 2. The summed E-state index contributed by atoms with van der Waals surface area (Å²) in [5.41, 5.74) is 0. The molecule has 2 aliphatic heterocycles. The van der Waals surface area contributed by atoms with Crippen LogP contribution in [0.4, 0.5) is 0 Å². The van der Waals surface area contributed by atoms with Gasteiger partial charge in [0.05, 0.1) is 0 Å². The van der Waals surface area contributed by atoms with Crippen LogP contribution in [0.5, 0.6) is 0 Å². The molecule has 2 rings (SSSR count). The van der Waals surface area contributed by atoms with Gasteiger partial charge in [0, 0.05) is 25.6 Å². The molecule has 0 aromatic carbocycles. The highest BCUT2D eigenvalue weighted by atomic mass is 15.2. The molecule has 1 atom stereocenters. The van der Waals surface area contributed by atoms with Crippen molar-refractivity contribution in [1.29, 1.82) is 0 Å². The molecule has 0 aromatic heterocycles. The van der Waals surface area contributed by atoms with Crippen molar-refractivity contribution in [3.8, 4) is 0 Å². The van der Waals surface area contributed by atoms with E-state index < -0.39 is 0 Å². The van der Waals surface area contributed by atoms with Crippen LogP contribution in [0.3, 0.4) is 0 Å². The summed E-state index contributed by atoms with van der Waals surface area (Å²) in [7, 11) is 0. The van der Waals surface area contributed by atoms with E-state index >= 15 is 0 Å². The van der Waals surface area contributed by atoms with Gasteiger partial charge in [-0.15, -0.1) is 0 Å². The van der Waals surface area contributed by atoms with Crippen LogP contribution in [0, 0.1) is 5.92 Å². The Balaban J connectivity index is 2.12. The molecule has 2 heterocycles. The van der Waals surface area contributed by atoms with Crippen molar-refractivity contribution in [1.82, 2.24) is 4.90 Å². The second-order valence-electron chi connectivity index (χ2n) is 3.83. The van der Waals surface area contributed by atoms with Crippen LogP contribution < -0.4 is 0 Å². The number of amidine groups is 1. The van der Waals surface area contributed by atoms with Gasteiger partial charge in [-0.25, -0.2) is 0 Å². The Morgan fingerprint density at radius 3 is 3.08 bits per heavy atom. The van der Waals surface area contributed by atoms with E-state index in [1.165, 1.54) is 44.6 Å². The van der Waals surface area contributed by atoms with Crippen molar-refractivity contribution in [2.24, 2.45) is 10.9 Å². The molecule has 0 aliphatic carbocycles. The highest BCUT2D eigenvalue weighted by Gasteiger charge is 2.26. The molecule has 1 fully saturated rings. The topological polar surface area (TPSA) is 15.6 Å². The molecule has 1 unspecified atom stereocenters. The van der Waals surface area contributed by atoms with Crippen LogP contribution in [0.2, 0.25) is 0 Å². The Labute approximate surface area is 74.7 Å². The Kier molecular flexibility index (Phi) is 2.33. The third kappa shape index (κ3) is 1.35. The third-order valence-electron chi connectivity index (χ3n) is 3.02. The minimum absolute atomic E-state index is 0.777. The van der Waals surface area contributed by atoms with Gasteiger partial charge in [-0.1, -0.05) is 6.92 Å². The molecule has 1 saturated heterocycles. The van der Waals surface area contributed by atoms with Gasteiger partial charge in [0.25, 0.3) is 0 Å². The van der Waals surface area contributed by atoms with Gasteiger partial charge in [0.2, 0.25) is 0 Å². The van der Waals surface area contributed by atoms with E-state index in [4.69, 9.17) is 0 Å².